The summed E-state index contributed by atoms with van der Waals surface area (Å²) in [6.45, 7) is 3.03. The summed E-state index contributed by atoms with van der Waals surface area (Å²) in [7, 11) is 0. The molecule has 2 rings (SSSR count). The molecule has 4 heteroatoms. The van der Waals surface area contributed by atoms with Gasteiger partial charge < -0.3 is 14.6 Å². The Morgan fingerprint density at radius 3 is 2.76 bits per heavy atom. The second-order valence-electron chi connectivity index (χ2n) is 4.37. The Kier molecular flexibility index (Phi) is 3.52. The third kappa shape index (κ3) is 3.12. The summed E-state index contributed by atoms with van der Waals surface area (Å²) < 4.78 is 11.3. The van der Waals surface area contributed by atoms with E-state index < -0.39 is 5.97 Å². The van der Waals surface area contributed by atoms with Gasteiger partial charge in [-0.1, -0.05) is 6.07 Å². The molecule has 1 aromatic carbocycles. The van der Waals surface area contributed by atoms with Crippen molar-refractivity contribution in [2.75, 3.05) is 13.2 Å². The number of benzene rings is 1. The van der Waals surface area contributed by atoms with Crippen molar-refractivity contribution in [1.82, 2.24) is 0 Å². The number of aryl methyl sites for hydroxylation is 1. The van der Waals surface area contributed by atoms with E-state index in [1.165, 1.54) is 0 Å². The van der Waals surface area contributed by atoms with E-state index in [0.29, 0.717) is 19.6 Å². The van der Waals surface area contributed by atoms with Crippen LogP contribution in [0.1, 0.15) is 18.4 Å². The predicted molar refractivity (Wildman–Crippen MR) is 62.5 cm³/mol. The molecule has 1 N–H and O–H groups in total. The van der Waals surface area contributed by atoms with Crippen molar-refractivity contribution in [2.24, 2.45) is 5.92 Å². The number of aliphatic carboxylic acids is 1. The fourth-order valence-electron chi connectivity index (χ4n) is 1.80. The van der Waals surface area contributed by atoms with Gasteiger partial charge in [0.2, 0.25) is 0 Å². The van der Waals surface area contributed by atoms with Crippen LogP contribution in [-0.2, 0) is 4.79 Å². The van der Waals surface area contributed by atoms with Gasteiger partial charge in [0.25, 0.3) is 0 Å². The molecule has 1 aliphatic rings. The Labute approximate surface area is 100 Å². The van der Waals surface area contributed by atoms with Crippen LogP contribution < -0.4 is 9.47 Å². The van der Waals surface area contributed by atoms with Crippen molar-refractivity contribution in [3.8, 4) is 11.5 Å². The van der Waals surface area contributed by atoms with E-state index in [4.69, 9.17) is 14.6 Å². The number of ether oxygens (including phenoxy) is 2. The Morgan fingerprint density at radius 2 is 2.06 bits per heavy atom. The van der Waals surface area contributed by atoms with E-state index in [1.807, 2.05) is 25.1 Å². The van der Waals surface area contributed by atoms with Crippen LogP contribution in [0.4, 0.5) is 0 Å². The van der Waals surface area contributed by atoms with Crippen molar-refractivity contribution < 1.29 is 19.4 Å². The molecule has 0 bridgehead atoms. The molecule has 0 radical (unpaired) electrons. The number of carboxylic acids is 1. The molecule has 1 unspecified atom stereocenters. The minimum Gasteiger partial charge on any atom is -0.489 e. The SMILES string of the molecule is Cc1ccc2c(c1)OCC(CCC(=O)O)CO2. The van der Waals surface area contributed by atoms with E-state index in [9.17, 15) is 4.79 Å². The minimum atomic E-state index is -0.775. The van der Waals surface area contributed by atoms with Gasteiger partial charge in [0.1, 0.15) is 0 Å². The fourth-order valence-corrected chi connectivity index (χ4v) is 1.80. The van der Waals surface area contributed by atoms with Gasteiger partial charge in [0, 0.05) is 12.3 Å². The summed E-state index contributed by atoms with van der Waals surface area (Å²) in [4.78, 5) is 10.5. The smallest absolute Gasteiger partial charge is 0.303 e. The summed E-state index contributed by atoms with van der Waals surface area (Å²) in [5, 5.41) is 8.64. The van der Waals surface area contributed by atoms with Gasteiger partial charge in [-0.15, -0.1) is 0 Å². The number of rotatable bonds is 3. The average Bonchev–Trinajstić information content (AvgIpc) is 2.48. The van der Waals surface area contributed by atoms with Gasteiger partial charge in [-0.3, -0.25) is 4.79 Å². The summed E-state index contributed by atoms with van der Waals surface area (Å²) in [5.74, 6) is 0.859. The van der Waals surface area contributed by atoms with Gasteiger partial charge >= 0.3 is 5.97 Å². The van der Waals surface area contributed by atoms with Crippen LogP contribution >= 0.6 is 0 Å². The van der Waals surface area contributed by atoms with Crippen LogP contribution in [-0.4, -0.2) is 24.3 Å². The first-order valence-corrected chi connectivity index (χ1v) is 5.73. The molecular formula is C13H16O4. The lowest BCUT2D eigenvalue weighted by Crippen LogP contribution is -2.18. The Balaban J connectivity index is 1.99. The Bertz CT molecular complexity index is 414. The van der Waals surface area contributed by atoms with Crippen molar-refractivity contribution in [3.05, 3.63) is 23.8 Å². The van der Waals surface area contributed by atoms with Crippen molar-refractivity contribution in [3.63, 3.8) is 0 Å². The van der Waals surface area contributed by atoms with Crippen molar-refractivity contribution in [2.45, 2.75) is 19.8 Å². The van der Waals surface area contributed by atoms with Crippen molar-refractivity contribution >= 4 is 5.97 Å². The molecule has 17 heavy (non-hydrogen) atoms. The molecule has 0 spiro atoms. The van der Waals surface area contributed by atoms with Crippen LogP contribution in [0.5, 0.6) is 11.5 Å². The Morgan fingerprint density at radius 1 is 1.35 bits per heavy atom. The highest BCUT2D eigenvalue weighted by molar-refractivity contribution is 5.66. The lowest BCUT2D eigenvalue weighted by atomic mass is 10.1. The number of hydrogen-bond acceptors (Lipinski definition) is 3. The van der Waals surface area contributed by atoms with E-state index in [-0.39, 0.29) is 12.3 Å². The zero-order valence-corrected chi connectivity index (χ0v) is 9.81. The topological polar surface area (TPSA) is 55.8 Å². The molecule has 0 saturated carbocycles. The molecule has 0 aliphatic carbocycles. The maximum absolute atomic E-state index is 10.5. The number of hydrogen-bond donors (Lipinski definition) is 1. The molecule has 1 heterocycles. The van der Waals surface area contributed by atoms with E-state index in [2.05, 4.69) is 0 Å². The van der Waals surface area contributed by atoms with Gasteiger partial charge in [0.05, 0.1) is 13.2 Å². The molecule has 0 amide bonds. The van der Waals surface area contributed by atoms with Crippen molar-refractivity contribution in [1.29, 1.82) is 0 Å². The zero-order chi connectivity index (χ0) is 12.3. The molecule has 1 aromatic rings. The highest BCUT2D eigenvalue weighted by Crippen LogP contribution is 2.31. The molecule has 92 valence electrons. The largest absolute Gasteiger partial charge is 0.489 e. The fraction of sp³-hybridized carbons (Fsp3) is 0.462. The molecule has 1 aliphatic heterocycles. The van der Waals surface area contributed by atoms with Crippen LogP contribution in [0.2, 0.25) is 0 Å². The molecular weight excluding hydrogens is 220 g/mol. The molecule has 4 nitrogen and oxygen atoms in total. The molecule has 0 fully saturated rings. The number of fused-ring (bicyclic) bond motifs is 1. The van der Waals surface area contributed by atoms with Crippen LogP contribution in [0.25, 0.3) is 0 Å². The quantitative estimate of drug-likeness (QED) is 0.874. The lowest BCUT2D eigenvalue weighted by molar-refractivity contribution is -0.137. The van der Waals surface area contributed by atoms with E-state index in [1.54, 1.807) is 0 Å². The second-order valence-corrected chi connectivity index (χ2v) is 4.37. The van der Waals surface area contributed by atoms with Gasteiger partial charge in [-0.05, 0) is 31.0 Å². The lowest BCUT2D eigenvalue weighted by Gasteiger charge is -2.11. The summed E-state index contributed by atoms with van der Waals surface area (Å²) in [6, 6.07) is 5.80. The minimum absolute atomic E-state index is 0.138. The summed E-state index contributed by atoms with van der Waals surface area (Å²) in [5.41, 5.74) is 1.12. The maximum Gasteiger partial charge on any atom is 0.303 e. The maximum atomic E-state index is 10.5. The average molecular weight is 236 g/mol. The first kappa shape index (κ1) is 11.8. The Hall–Kier alpha value is -1.71. The molecule has 0 aromatic heterocycles. The molecule has 0 saturated heterocycles. The highest BCUT2D eigenvalue weighted by Gasteiger charge is 2.19. The standard InChI is InChI=1S/C13H16O4/c1-9-2-4-11-12(6-9)17-8-10(7-16-11)3-5-13(14)15/h2,4,6,10H,3,5,7-8H2,1H3,(H,14,15). The van der Waals surface area contributed by atoms with E-state index in [0.717, 1.165) is 17.1 Å². The summed E-state index contributed by atoms with van der Waals surface area (Å²) in [6.07, 6.45) is 0.745. The number of carboxylic acid groups (broad SMARTS) is 1. The van der Waals surface area contributed by atoms with E-state index >= 15 is 0 Å². The first-order chi connectivity index (χ1) is 8.15. The highest BCUT2D eigenvalue weighted by atomic mass is 16.5. The zero-order valence-electron chi connectivity index (χ0n) is 9.81. The van der Waals surface area contributed by atoms with Gasteiger partial charge in [0.15, 0.2) is 11.5 Å². The second kappa shape index (κ2) is 5.08. The first-order valence-electron chi connectivity index (χ1n) is 5.73. The van der Waals surface area contributed by atoms with Crippen LogP contribution in [0.3, 0.4) is 0 Å². The third-order valence-corrected chi connectivity index (χ3v) is 2.81. The normalized spacial score (nSPS) is 18.5. The predicted octanol–water partition coefficient (Wildman–Crippen LogP) is 2.25. The van der Waals surface area contributed by atoms with Gasteiger partial charge in [-0.2, -0.15) is 0 Å². The third-order valence-electron chi connectivity index (χ3n) is 2.81. The summed E-state index contributed by atoms with van der Waals surface area (Å²) >= 11 is 0. The van der Waals surface area contributed by atoms with Gasteiger partial charge in [-0.25, -0.2) is 0 Å². The van der Waals surface area contributed by atoms with Crippen LogP contribution in [0.15, 0.2) is 18.2 Å². The monoisotopic (exact) mass is 236 g/mol. The van der Waals surface area contributed by atoms with Crippen LogP contribution in [0, 0.1) is 12.8 Å². The number of carbonyl (C=O) groups is 1. The molecule has 1 atom stereocenters.